The smallest absolute Gasteiger partial charge is 0.244 e. The monoisotopic (exact) mass is 362 g/mol. The Kier molecular flexibility index (Phi) is 6.31. The minimum absolute atomic E-state index is 0.00995. The second-order valence-electron chi connectivity index (χ2n) is 7.70. The van der Waals surface area contributed by atoms with Crippen molar-refractivity contribution >= 4 is 23.3 Å². The maximum atomic E-state index is 12.4. The van der Waals surface area contributed by atoms with Gasteiger partial charge in [0.2, 0.25) is 5.91 Å². The zero-order valence-electron chi connectivity index (χ0n) is 15.4. The summed E-state index contributed by atoms with van der Waals surface area (Å²) in [5.74, 6) is 0.643. The molecule has 1 aliphatic carbocycles. The van der Waals surface area contributed by atoms with Crippen LogP contribution in [0, 0.1) is 5.92 Å². The van der Waals surface area contributed by atoms with E-state index in [0.29, 0.717) is 5.92 Å². The summed E-state index contributed by atoms with van der Waals surface area (Å²) in [5.41, 5.74) is -0.210. The van der Waals surface area contributed by atoms with Crippen LogP contribution in [0.15, 0.2) is 23.6 Å². The number of amides is 1. The number of hydrogen-bond acceptors (Lipinski definition) is 4. The molecule has 0 unspecified atom stereocenters. The summed E-state index contributed by atoms with van der Waals surface area (Å²) in [7, 11) is 0. The zero-order valence-corrected chi connectivity index (χ0v) is 16.2. The maximum absolute atomic E-state index is 12.4. The van der Waals surface area contributed by atoms with Gasteiger partial charge in [0.1, 0.15) is 5.60 Å². The molecular weight excluding hydrogens is 332 g/mol. The van der Waals surface area contributed by atoms with Crippen molar-refractivity contribution in [3.8, 4) is 0 Å². The molecule has 1 aliphatic heterocycles. The van der Waals surface area contributed by atoms with E-state index < -0.39 is 0 Å². The lowest BCUT2D eigenvalue weighted by Crippen LogP contribution is -2.64. The summed E-state index contributed by atoms with van der Waals surface area (Å²) < 4.78 is 6.30. The van der Waals surface area contributed by atoms with Crippen LogP contribution in [0.25, 0.3) is 6.08 Å². The number of nitrogens with one attached hydrogen (secondary N) is 1. The quantitative estimate of drug-likeness (QED) is 0.815. The van der Waals surface area contributed by atoms with Crippen LogP contribution >= 0.6 is 11.3 Å². The van der Waals surface area contributed by atoms with Crippen LogP contribution in [0.3, 0.4) is 0 Å². The van der Waals surface area contributed by atoms with E-state index in [1.54, 1.807) is 17.4 Å². The molecule has 138 valence electrons. The lowest BCUT2D eigenvalue weighted by atomic mass is 9.78. The van der Waals surface area contributed by atoms with Crippen LogP contribution in [0.5, 0.6) is 0 Å². The Balaban J connectivity index is 1.64. The van der Waals surface area contributed by atoms with Gasteiger partial charge in [-0.2, -0.15) is 0 Å². The molecule has 2 heterocycles. The average molecular weight is 363 g/mol. The number of hydrogen-bond donors (Lipinski definition) is 1. The number of rotatable bonds is 5. The minimum Gasteiger partial charge on any atom is -0.370 e. The maximum Gasteiger partial charge on any atom is 0.244 e. The van der Waals surface area contributed by atoms with Crippen molar-refractivity contribution in [2.75, 3.05) is 26.2 Å². The van der Waals surface area contributed by atoms with Gasteiger partial charge in [0.05, 0.1) is 12.6 Å². The van der Waals surface area contributed by atoms with E-state index in [4.69, 9.17) is 4.74 Å². The fourth-order valence-electron chi connectivity index (χ4n) is 4.09. The second-order valence-corrected chi connectivity index (χ2v) is 8.68. The van der Waals surface area contributed by atoms with Crippen molar-refractivity contribution in [1.82, 2.24) is 10.2 Å². The first-order valence-electron chi connectivity index (χ1n) is 9.46. The molecule has 2 atom stereocenters. The summed E-state index contributed by atoms with van der Waals surface area (Å²) in [5, 5.41) is 5.26. The number of nitrogens with zero attached hydrogens (tertiary/aromatic N) is 1. The molecule has 0 aromatic carbocycles. The van der Waals surface area contributed by atoms with Crippen molar-refractivity contribution in [3.63, 3.8) is 0 Å². The Labute approximate surface area is 155 Å². The van der Waals surface area contributed by atoms with Crippen molar-refractivity contribution in [3.05, 3.63) is 28.5 Å². The third-order valence-electron chi connectivity index (χ3n) is 5.15. The predicted octanol–water partition coefficient (Wildman–Crippen LogP) is 3.55. The largest absolute Gasteiger partial charge is 0.370 e. The Morgan fingerprint density at radius 2 is 2.40 bits per heavy atom. The minimum atomic E-state index is -0.210. The summed E-state index contributed by atoms with van der Waals surface area (Å²) in [6.45, 7) is 8.33. The summed E-state index contributed by atoms with van der Waals surface area (Å²) in [6, 6.07) is 4.12. The molecule has 0 bridgehead atoms. The van der Waals surface area contributed by atoms with Gasteiger partial charge in [-0.3, -0.25) is 9.69 Å². The molecule has 3 rings (SSSR count). The highest BCUT2D eigenvalue weighted by molar-refractivity contribution is 7.10. The Morgan fingerprint density at radius 1 is 1.52 bits per heavy atom. The Bertz CT molecular complexity index is 581. The highest BCUT2D eigenvalue weighted by atomic mass is 32.1. The topological polar surface area (TPSA) is 41.6 Å². The first-order chi connectivity index (χ1) is 12.1. The number of thiophene rings is 1. The van der Waals surface area contributed by atoms with Crippen molar-refractivity contribution in [2.24, 2.45) is 5.92 Å². The van der Waals surface area contributed by atoms with Gasteiger partial charge in [0.25, 0.3) is 0 Å². The lowest BCUT2D eigenvalue weighted by molar-refractivity contribution is -0.149. The molecule has 25 heavy (non-hydrogen) atoms. The fraction of sp³-hybridized carbons (Fsp3) is 0.650. The number of carbonyl (C=O) groups excluding carboxylic acids is 1. The molecule has 2 aliphatic rings. The SMILES string of the molecule is CC(C)CN1CCO[C@]2(CCCC[C@H]2NC(=O)/C=C/c2cccs2)C1. The molecule has 1 aromatic heterocycles. The van der Waals surface area contributed by atoms with Gasteiger partial charge in [-0.1, -0.05) is 32.8 Å². The van der Waals surface area contributed by atoms with Gasteiger partial charge < -0.3 is 10.1 Å². The molecule has 1 N–H and O–H groups in total. The molecule has 1 saturated heterocycles. The highest BCUT2D eigenvalue weighted by Crippen LogP contribution is 2.35. The molecule has 4 nitrogen and oxygen atoms in total. The van der Waals surface area contributed by atoms with Crippen molar-refractivity contribution in [1.29, 1.82) is 0 Å². The molecule has 2 fully saturated rings. The van der Waals surface area contributed by atoms with Gasteiger partial charge in [-0.25, -0.2) is 0 Å². The molecule has 1 spiro atoms. The molecule has 0 radical (unpaired) electrons. The van der Waals surface area contributed by atoms with E-state index in [1.807, 2.05) is 23.6 Å². The van der Waals surface area contributed by atoms with E-state index in [0.717, 1.165) is 50.4 Å². The molecule has 5 heteroatoms. The van der Waals surface area contributed by atoms with Gasteiger partial charge in [-0.05, 0) is 36.3 Å². The van der Waals surface area contributed by atoms with Crippen molar-refractivity contribution in [2.45, 2.75) is 51.2 Å². The van der Waals surface area contributed by atoms with Gasteiger partial charge in [0.15, 0.2) is 0 Å². The highest BCUT2D eigenvalue weighted by Gasteiger charge is 2.45. The number of morpholine rings is 1. The van der Waals surface area contributed by atoms with E-state index in [2.05, 4.69) is 24.1 Å². The van der Waals surface area contributed by atoms with E-state index in [-0.39, 0.29) is 17.6 Å². The van der Waals surface area contributed by atoms with Crippen LogP contribution in [0.4, 0.5) is 0 Å². The first-order valence-corrected chi connectivity index (χ1v) is 10.3. The average Bonchev–Trinajstić information content (AvgIpc) is 3.08. The lowest BCUT2D eigenvalue weighted by Gasteiger charge is -2.50. The third kappa shape index (κ3) is 4.93. The zero-order chi connectivity index (χ0) is 17.7. The Morgan fingerprint density at radius 3 is 3.16 bits per heavy atom. The van der Waals surface area contributed by atoms with Gasteiger partial charge in [-0.15, -0.1) is 11.3 Å². The van der Waals surface area contributed by atoms with Crippen LogP contribution in [0.2, 0.25) is 0 Å². The molecular formula is C20H30N2O2S. The second kappa shape index (κ2) is 8.47. The third-order valence-corrected chi connectivity index (χ3v) is 5.99. The van der Waals surface area contributed by atoms with Crippen LogP contribution < -0.4 is 5.32 Å². The predicted molar refractivity (Wildman–Crippen MR) is 104 cm³/mol. The number of ether oxygens (including phenoxy) is 1. The standard InChI is InChI=1S/C20H30N2O2S/c1-16(2)14-22-11-12-24-20(15-22)10-4-3-7-18(20)21-19(23)9-8-17-6-5-13-25-17/h5-6,8-9,13,16,18H,3-4,7,10-12,14-15H2,1-2H3,(H,21,23)/b9-8+/t18-,20-/m1/s1. The first kappa shape index (κ1) is 18.6. The Hall–Kier alpha value is -1.17. The van der Waals surface area contributed by atoms with Crippen LogP contribution in [0.1, 0.15) is 44.4 Å². The van der Waals surface area contributed by atoms with E-state index in [9.17, 15) is 4.79 Å². The van der Waals surface area contributed by atoms with Gasteiger partial charge in [0, 0.05) is 30.6 Å². The van der Waals surface area contributed by atoms with E-state index in [1.165, 1.54) is 6.42 Å². The van der Waals surface area contributed by atoms with E-state index >= 15 is 0 Å². The normalized spacial score (nSPS) is 28.0. The summed E-state index contributed by atoms with van der Waals surface area (Å²) >= 11 is 1.64. The molecule has 1 aromatic rings. The number of carbonyl (C=O) groups is 1. The molecule has 1 amide bonds. The van der Waals surface area contributed by atoms with Crippen LogP contribution in [-0.2, 0) is 9.53 Å². The summed E-state index contributed by atoms with van der Waals surface area (Å²) in [6.07, 6.45) is 7.95. The fourth-order valence-corrected chi connectivity index (χ4v) is 4.71. The molecule has 1 saturated carbocycles. The van der Waals surface area contributed by atoms with Crippen LogP contribution in [-0.4, -0.2) is 48.7 Å². The van der Waals surface area contributed by atoms with Gasteiger partial charge >= 0.3 is 0 Å². The van der Waals surface area contributed by atoms with Crippen molar-refractivity contribution < 1.29 is 9.53 Å². The summed E-state index contributed by atoms with van der Waals surface area (Å²) in [4.78, 5) is 16.0.